The lowest BCUT2D eigenvalue weighted by molar-refractivity contribution is 0.161. The van der Waals surface area contributed by atoms with Crippen LogP contribution in [0.25, 0.3) is 0 Å². The molecule has 6 heteroatoms. The summed E-state index contributed by atoms with van der Waals surface area (Å²) in [5.41, 5.74) is 5.70. The second-order valence-corrected chi connectivity index (χ2v) is 3.04. The van der Waals surface area contributed by atoms with E-state index in [4.69, 9.17) is 5.73 Å². The molecule has 0 bridgehead atoms. The fraction of sp³-hybridized carbons (Fsp3) is 0.444. The molecule has 0 aliphatic carbocycles. The van der Waals surface area contributed by atoms with Crippen molar-refractivity contribution < 1.29 is 9.53 Å². The molecule has 3 N–H and O–H groups in total. The van der Waals surface area contributed by atoms with Crippen LogP contribution in [0, 0.1) is 13.8 Å². The molecule has 15 heavy (non-hydrogen) atoms. The molecule has 1 aromatic heterocycles. The standard InChI is InChI=1S/C9H14N4O2/c1-6-5-8(13-7(2)12-6)11-3-4-15-9(10)14/h5H,3-4H2,1-2H3,(H2,10,14)(H,11,12,13). The highest BCUT2D eigenvalue weighted by Gasteiger charge is 1.98. The van der Waals surface area contributed by atoms with E-state index in [0.717, 1.165) is 5.69 Å². The van der Waals surface area contributed by atoms with Crippen LogP contribution in [0.4, 0.5) is 10.6 Å². The number of aromatic nitrogens is 2. The number of amides is 1. The summed E-state index contributed by atoms with van der Waals surface area (Å²) < 4.78 is 4.56. The molecule has 0 spiro atoms. The molecule has 1 aromatic rings. The highest BCUT2D eigenvalue weighted by Crippen LogP contribution is 2.04. The highest BCUT2D eigenvalue weighted by molar-refractivity contribution is 5.64. The maximum Gasteiger partial charge on any atom is 0.404 e. The Kier molecular flexibility index (Phi) is 3.84. The van der Waals surface area contributed by atoms with Gasteiger partial charge in [0.1, 0.15) is 18.2 Å². The van der Waals surface area contributed by atoms with Crippen LogP contribution >= 0.6 is 0 Å². The Morgan fingerprint density at radius 2 is 2.27 bits per heavy atom. The predicted octanol–water partition coefficient (Wildman–Crippen LogP) is 0.601. The lowest BCUT2D eigenvalue weighted by atomic mass is 10.4. The fourth-order valence-corrected chi connectivity index (χ4v) is 1.14. The van der Waals surface area contributed by atoms with Crippen molar-refractivity contribution in [1.29, 1.82) is 0 Å². The number of hydrogen-bond donors (Lipinski definition) is 2. The van der Waals surface area contributed by atoms with E-state index >= 15 is 0 Å². The molecule has 0 unspecified atom stereocenters. The van der Waals surface area contributed by atoms with Crippen molar-refractivity contribution >= 4 is 11.9 Å². The van der Waals surface area contributed by atoms with Gasteiger partial charge in [-0.2, -0.15) is 0 Å². The van der Waals surface area contributed by atoms with Gasteiger partial charge >= 0.3 is 6.09 Å². The van der Waals surface area contributed by atoms with Crippen molar-refractivity contribution in [2.45, 2.75) is 13.8 Å². The summed E-state index contributed by atoms with van der Waals surface area (Å²) in [5.74, 6) is 1.42. The van der Waals surface area contributed by atoms with Gasteiger partial charge in [0.2, 0.25) is 0 Å². The molecule has 0 fully saturated rings. The van der Waals surface area contributed by atoms with Gasteiger partial charge in [-0.05, 0) is 13.8 Å². The number of nitrogens with two attached hydrogens (primary N) is 1. The van der Waals surface area contributed by atoms with E-state index in [1.807, 2.05) is 19.9 Å². The summed E-state index contributed by atoms with van der Waals surface area (Å²) in [6, 6.07) is 1.82. The number of primary amides is 1. The zero-order chi connectivity index (χ0) is 11.3. The maximum atomic E-state index is 10.3. The van der Waals surface area contributed by atoms with E-state index in [0.29, 0.717) is 18.2 Å². The lowest BCUT2D eigenvalue weighted by Crippen LogP contribution is -2.18. The molecule has 0 aliphatic rings. The van der Waals surface area contributed by atoms with E-state index in [-0.39, 0.29) is 6.61 Å². The van der Waals surface area contributed by atoms with Crippen LogP contribution in [0.5, 0.6) is 0 Å². The summed E-state index contributed by atoms with van der Waals surface area (Å²) in [4.78, 5) is 18.6. The smallest absolute Gasteiger partial charge is 0.404 e. The van der Waals surface area contributed by atoms with Gasteiger partial charge in [-0.25, -0.2) is 14.8 Å². The first kappa shape index (κ1) is 11.2. The van der Waals surface area contributed by atoms with Gasteiger partial charge in [-0.15, -0.1) is 0 Å². The van der Waals surface area contributed by atoms with Gasteiger partial charge in [0, 0.05) is 11.8 Å². The van der Waals surface area contributed by atoms with Gasteiger partial charge < -0.3 is 15.8 Å². The first-order valence-electron chi connectivity index (χ1n) is 4.56. The minimum Gasteiger partial charge on any atom is -0.448 e. The molecule has 0 atom stereocenters. The third kappa shape index (κ3) is 4.26. The zero-order valence-electron chi connectivity index (χ0n) is 8.78. The predicted molar refractivity (Wildman–Crippen MR) is 55.5 cm³/mol. The van der Waals surface area contributed by atoms with Gasteiger partial charge in [0.15, 0.2) is 0 Å². The number of rotatable bonds is 4. The molecular formula is C9H14N4O2. The molecule has 0 saturated heterocycles. The molecule has 0 aliphatic heterocycles. The van der Waals surface area contributed by atoms with Crippen molar-refractivity contribution in [1.82, 2.24) is 9.97 Å². The van der Waals surface area contributed by atoms with Crippen molar-refractivity contribution in [2.24, 2.45) is 5.73 Å². The van der Waals surface area contributed by atoms with Gasteiger partial charge in [-0.3, -0.25) is 0 Å². The quantitative estimate of drug-likeness (QED) is 0.710. The molecule has 82 valence electrons. The van der Waals surface area contributed by atoms with Crippen LogP contribution in [0.15, 0.2) is 6.07 Å². The molecular weight excluding hydrogens is 196 g/mol. The summed E-state index contributed by atoms with van der Waals surface area (Å²) in [6.07, 6.45) is -0.771. The van der Waals surface area contributed by atoms with E-state index in [1.54, 1.807) is 0 Å². The van der Waals surface area contributed by atoms with Gasteiger partial charge in [0.25, 0.3) is 0 Å². The van der Waals surface area contributed by atoms with E-state index < -0.39 is 6.09 Å². The first-order valence-corrected chi connectivity index (χ1v) is 4.56. The number of anilines is 1. The zero-order valence-corrected chi connectivity index (χ0v) is 8.78. The van der Waals surface area contributed by atoms with E-state index in [9.17, 15) is 4.79 Å². The maximum absolute atomic E-state index is 10.3. The topological polar surface area (TPSA) is 90.1 Å². The summed E-state index contributed by atoms with van der Waals surface area (Å²) in [6.45, 7) is 4.40. The first-order chi connectivity index (χ1) is 7.08. The second-order valence-electron chi connectivity index (χ2n) is 3.04. The Hall–Kier alpha value is -1.85. The SMILES string of the molecule is Cc1cc(NCCOC(N)=O)nc(C)n1. The van der Waals surface area contributed by atoms with E-state index in [1.165, 1.54) is 0 Å². The van der Waals surface area contributed by atoms with Gasteiger partial charge in [0.05, 0.1) is 6.54 Å². The molecule has 1 rings (SSSR count). The average molecular weight is 210 g/mol. The van der Waals surface area contributed by atoms with Crippen LogP contribution < -0.4 is 11.1 Å². The third-order valence-electron chi connectivity index (χ3n) is 1.62. The molecule has 0 saturated carbocycles. The number of nitrogens with zero attached hydrogens (tertiary/aromatic N) is 2. The van der Waals surface area contributed by atoms with Gasteiger partial charge in [-0.1, -0.05) is 0 Å². The van der Waals surface area contributed by atoms with Crippen LogP contribution in [0.2, 0.25) is 0 Å². The number of nitrogens with one attached hydrogen (secondary N) is 1. The Morgan fingerprint density at radius 1 is 1.53 bits per heavy atom. The summed E-state index contributed by atoms with van der Waals surface area (Å²) >= 11 is 0. The molecule has 6 nitrogen and oxygen atoms in total. The Morgan fingerprint density at radius 3 is 2.87 bits per heavy atom. The number of aryl methyl sites for hydroxylation is 2. The summed E-state index contributed by atoms with van der Waals surface area (Å²) in [7, 11) is 0. The van der Waals surface area contributed by atoms with Crippen LogP contribution in [0.1, 0.15) is 11.5 Å². The van der Waals surface area contributed by atoms with Crippen molar-refractivity contribution in [3.05, 3.63) is 17.6 Å². The minimum absolute atomic E-state index is 0.220. The largest absolute Gasteiger partial charge is 0.448 e. The molecule has 1 amide bonds. The molecule has 0 aromatic carbocycles. The van der Waals surface area contributed by atoms with Crippen LogP contribution in [-0.4, -0.2) is 29.2 Å². The van der Waals surface area contributed by atoms with E-state index in [2.05, 4.69) is 20.0 Å². The minimum atomic E-state index is -0.771. The lowest BCUT2D eigenvalue weighted by Gasteiger charge is -2.06. The molecule has 0 radical (unpaired) electrons. The van der Waals surface area contributed by atoms with Crippen LogP contribution in [0.3, 0.4) is 0 Å². The highest BCUT2D eigenvalue weighted by atomic mass is 16.5. The Bertz CT molecular complexity index is 334. The number of carbonyl (C=O) groups excluding carboxylic acids is 1. The second kappa shape index (κ2) is 5.14. The van der Waals surface area contributed by atoms with Crippen molar-refractivity contribution in [3.63, 3.8) is 0 Å². The average Bonchev–Trinajstić information content (AvgIpc) is 2.10. The Balaban J connectivity index is 2.40. The monoisotopic (exact) mass is 210 g/mol. The molecule has 1 heterocycles. The number of ether oxygens (including phenoxy) is 1. The summed E-state index contributed by atoms with van der Waals surface area (Å²) in [5, 5.41) is 3.00. The van der Waals surface area contributed by atoms with Crippen molar-refractivity contribution in [3.8, 4) is 0 Å². The fourth-order valence-electron chi connectivity index (χ4n) is 1.14. The number of carbonyl (C=O) groups is 1. The third-order valence-corrected chi connectivity index (χ3v) is 1.62. The normalized spacial score (nSPS) is 9.73. The van der Waals surface area contributed by atoms with Crippen LogP contribution in [-0.2, 0) is 4.74 Å². The van der Waals surface area contributed by atoms with Crippen molar-refractivity contribution in [2.75, 3.05) is 18.5 Å². The Labute approximate surface area is 87.9 Å². The number of hydrogen-bond acceptors (Lipinski definition) is 5.